The molecule has 0 saturated heterocycles. The van der Waals surface area contributed by atoms with Crippen LogP contribution in [0.1, 0.15) is 17.5 Å². The van der Waals surface area contributed by atoms with Crippen molar-refractivity contribution in [2.45, 2.75) is 19.4 Å². The average molecular weight is 427 g/mol. The number of rotatable bonds is 8. The van der Waals surface area contributed by atoms with Gasteiger partial charge < -0.3 is 14.6 Å². The molecule has 0 atom stereocenters. The minimum Gasteiger partial charge on any atom is -0.489 e. The number of ether oxygens (including phenoxy) is 2. The van der Waals surface area contributed by atoms with E-state index < -0.39 is 5.97 Å². The molecule has 5 heteroatoms. The largest absolute Gasteiger partial charge is 0.489 e. The number of carboxylic acid groups (broad SMARTS) is 1. The number of carbonyl (C=O) groups is 1. The lowest BCUT2D eigenvalue weighted by Gasteiger charge is -2.12. The number of benzene rings is 3. The zero-order valence-electron chi connectivity index (χ0n) is 14.6. The van der Waals surface area contributed by atoms with Crippen LogP contribution in [0, 0.1) is 0 Å². The Morgan fingerprint density at radius 1 is 0.926 bits per heavy atom. The highest BCUT2D eigenvalue weighted by Gasteiger charge is 2.07. The predicted octanol–water partition coefficient (Wildman–Crippen LogP) is 5.84. The maximum absolute atomic E-state index is 10.8. The van der Waals surface area contributed by atoms with Crippen molar-refractivity contribution in [3.05, 3.63) is 88.4 Å². The van der Waals surface area contributed by atoms with Crippen LogP contribution in [0.2, 0.25) is 0 Å². The van der Waals surface area contributed by atoms with Gasteiger partial charge in [0.2, 0.25) is 0 Å². The molecule has 0 aliphatic heterocycles. The van der Waals surface area contributed by atoms with Gasteiger partial charge in [-0.2, -0.15) is 0 Å². The normalized spacial score (nSPS) is 10.4. The molecule has 3 aromatic carbocycles. The number of hydrogen-bond acceptors (Lipinski definition) is 3. The second-order valence-corrected chi connectivity index (χ2v) is 6.91. The van der Waals surface area contributed by atoms with E-state index in [2.05, 4.69) is 15.9 Å². The summed E-state index contributed by atoms with van der Waals surface area (Å²) in [5.74, 6) is 1.38. The summed E-state index contributed by atoms with van der Waals surface area (Å²) in [5.41, 5.74) is 1.86. The molecule has 0 unspecified atom stereocenters. The van der Waals surface area contributed by atoms with Crippen molar-refractivity contribution in [3.63, 3.8) is 0 Å². The number of aryl methyl sites for hydroxylation is 1. The number of halogens is 1. The first-order valence-electron chi connectivity index (χ1n) is 8.55. The Morgan fingerprint density at radius 2 is 1.70 bits per heavy atom. The smallest absolute Gasteiger partial charge is 0.303 e. The molecule has 0 radical (unpaired) electrons. The van der Waals surface area contributed by atoms with Crippen molar-refractivity contribution in [2.24, 2.45) is 0 Å². The zero-order valence-corrected chi connectivity index (χ0v) is 16.2. The van der Waals surface area contributed by atoms with Crippen LogP contribution in [0.4, 0.5) is 0 Å². The molecular weight excluding hydrogens is 408 g/mol. The summed E-state index contributed by atoms with van der Waals surface area (Å²) in [6, 6.07) is 22.9. The summed E-state index contributed by atoms with van der Waals surface area (Å²) < 4.78 is 12.8. The molecule has 138 valence electrons. The van der Waals surface area contributed by atoms with Crippen molar-refractivity contribution < 1.29 is 19.4 Å². The van der Waals surface area contributed by atoms with E-state index in [1.807, 2.05) is 72.8 Å². The van der Waals surface area contributed by atoms with Gasteiger partial charge in [0, 0.05) is 10.9 Å². The molecule has 1 N–H and O–H groups in total. The summed E-state index contributed by atoms with van der Waals surface area (Å²) in [5, 5.41) is 8.88. The van der Waals surface area contributed by atoms with Crippen LogP contribution in [0.15, 0.2) is 77.3 Å². The lowest BCUT2D eigenvalue weighted by atomic mass is 10.1. The third-order valence-corrected chi connectivity index (χ3v) is 4.45. The minimum atomic E-state index is -0.817. The second-order valence-electron chi connectivity index (χ2n) is 5.99. The first-order valence-corrected chi connectivity index (χ1v) is 9.34. The van der Waals surface area contributed by atoms with E-state index in [-0.39, 0.29) is 6.42 Å². The Labute approximate surface area is 166 Å². The van der Waals surface area contributed by atoms with Gasteiger partial charge >= 0.3 is 5.97 Å². The molecule has 0 aromatic heterocycles. The van der Waals surface area contributed by atoms with Crippen LogP contribution in [-0.4, -0.2) is 11.1 Å². The maximum Gasteiger partial charge on any atom is 0.303 e. The summed E-state index contributed by atoms with van der Waals surface area (Å²) in [6.45, 7) is 0.377. The molecule has 0 bridgehead atoms. The maximum atomic E-state index is 10.8. The Morgan fingerprint density at radius 3 is 2.48 bits per heavy atom. The highest BCUT2D eigenvalue weighted by molar-refractivity contribution is 9.10. The van der Waals surface area contributed by atoms with Gasteiger partial charge in [0.15, 0.2) is 0 Å². The van der Waals surface area contributed by atoms with Crippen molar-refractivity contribution in [1.82, 2.24) is 0 Å². The third-order valence-electron chi connectivity index (χ3n) is 3.92. The topological polar surface area (TPSA) is 55.8 Å². The van der Waals surface area contributed by atoms with Gasteiger partial charge in [-0.1, -0.05) is 46.3 Å². The minimum absolute atomic E-state index is 0.0802. The van der Waals surface area contributed by atoms with Gasteiger partial charge in [0.1, 0.15) is 23.9 Å². The number of carboxylic acids is 1. The molecule has 0 fully saturated rings. The summed E-state index contributed by atoms with van der Waals surface area (Å²) in [4.78, 5) is 10.8. The van der Waals surface area contributed by atoms with E-state index in [4.69, 9.17) is 14.6 Å². The first-order chi connectivity index (χ1) is 13.1. The van der Waals surface area contributed by atoms with Gasteiger partial charge in [0.25, 0.3) is 0 Å². The predicted molar refractivity (Wildman–Crippen MR) is 107 cm³/mol. The van der Waals surface area contributed by atoms with Gasteiger partial charge in [-0.05, 0) is 60.0 Å². The van der Waals surface area contributed by atoms with E-state index in [9.17, 15) is 4.79 Å². The van der Waals surface area contributed by atoms with E-state index >= 15 is 0 Å². The van der Waals surface area contributed by atoms with Gasteiger partial charge in [-0.15, -0.1) is 0 Å². The van der Waals surface area contributed by atoms with Gasteiger partial charge in [-0.3, -0.25) is 4.79 Å². The Bertz CT molecular complexity index is 906. The fourth-order valence-corrected chi connectivity index (χ4v) is 2.86. The molecule has 0 aliphatic carbocycles. The van der Waals surface area contributed by atoms with Crippen LogP contribution in [0.25, 0.3) is 0 Å². The average Bonchev–Trinajstić information content (AvgIpc) is 2.67. The Hall–Kier alpha value is -2.79. The lowest BCUT2D eigenvalue weighted by molar-refractivity contribution is -0.136. The van der Waals surface area contributed by atoms with Gasteiger partial charge in [-0.25, -0.2) is 0 Å². The van der Waals surface area contributed by atoms with Crippen LogP contribution < -0.4 is 9.47 Å². The van der Waals surface area contributed by atoms with E-state index in [0.717, 1.165) is 27.1 Å². The summed E-state index contributed by atoms with van der Waals surface area (Å²) >= 11 is 3.41. The summed E-state index contributed by atoms with van der Waals surface area (Å²) in [7, 11) is 0. The van der Waals surface area contributed by atoms with Crippen LogP contribution >= 0.6 is 15.9 Å². The monoisotopic (exact) mass is 426 g/mol. The molecule has 3 aromatic rings. The molecule has 0 spiro atoms. The molecular formula is C22H19BrO4. The van der Waals surface area contributed by atoms with Crippen LogP contribution in [-0.2, 0) is 17.8 Å². The van der Waals surface area contributed by atoms with E-state index in [0.29, 0.717) is 18.8 Å². The first kappa shape index (κ1) is 19.0. The third kappa shape index (κ3) is 5.86. The van der Waals surface area contributed by atoms with Crippen molar-refractivity contribution in [3.8, 4) is 17.2 Å². The highest BCUT2D eigenvalue weighted by Crippen LogP contribution is 2.25. The zero-order chi connectivity index (χ0) is 19.1. The molecule has 4 nitrogen and oxygen atoms in total. The number of para-hydroxylation sites is 1. The molecule has 27 heavy (non-hydrogen) atoms. The van der Waals surface area contributed by atoms with Crippen molar-refractivity contribution in [2.75, 3.05) is 0 Å². The molecule has 0 saturated carbocycles. The highest BCUT2D eigenvalue weighted by atomic mass is 79.9. The lowest BCUT2D eigenvalue weighted by Crippen LogP contribution is -2.02. The molecule has 0 heterocycles. The molecule has 0 aliphatic rings. The van der Waals surface area contributed by atoms with Crippen molar-refractivity contribution >= 4 is 21.9 Å². The fraction of sp³-hybridized carbons (Fsp3) is 0.136. The fourth-order valence-electron chi connectivity index (χ4n) is 2.59. The SMILES string of the molecule is O=C(O)CCc1ccccc1OCc1cccc(Oc2ccc(Br)cc2)c1. The quantitative estimate of drug-likeness (QED) is 0.491. The second kappa shape index (κ2) is 9.24. The van der Waals surface area contributed by atoms with E-state index in [1.54, 1.807) is 0 Å². The number of aliphatic carboxylic acids is 1. The summed E-state index contributed by atoms with van der Waals surface area (Å²) in [6.07, 6.45) is 0.523. The van der Waals surface area contributed by atoms with Crippen LogP contribution in [0.5, 0.6) is 17.2 Å². The van der Waals surface area contributed by atoms with Crippen LogP contribution in [0.3, 0.4) is 0 Å². The van der Waals surface area contributed by atoms with E-state index in [1.165, 1.54) is 0 Å². The molecule has 0 amide bonds. The number of hydrogen-bond donors (Lipinski definition) is 1. The Kier molecular flexibility index (Phi) is 6.49. The van der Waals surface area contributed by atoms with Gasteiger partial charge in [0.05, 0.1) is 0 Å². The van der Waals surface area contributed by atoms with Crippen molar-refractivity contribution in [1.29, 1.82) is 0 Å². The Balaban J connectivity index is 1.65. The standard InChI is InChI=1S/C22H19BrO4/c23-18-9-11-19(12-10-18)27-20-6-3-4-16(14-20)15-26-21-7-2-1-5-17(21)8-13-22(24)25/h1-7,9-12,14H,8,13,15H2,(H,24,25). The molecule has 3 rings (SSSR count).